The number of rotatable bonds is 2. The van der Waals surface area contributed by atoms with Gasteiger partial charge in [0.1, 0.15) is 0 Å². The van der Waals surface area contributed by atoms with E-state index in [1.54, 1.807) is 0 Å². The van der Waals surface area contributed by atoms with E-state index in [0.717, 1.165) is 45.4 Å². The van der Waals surface area contributed by atoms with Gasteiger partial charge in [-0.2, -0.15) is 0 Å². The van der Waals surface area contributed by atoms with Crippen molar-refractivity contribution in [1.82, 2.24) is 10.2 Å². The molecule has 1 atom stereocenters. The van der Waals surface area contributed by atoms with Gasteiger partial charge in [-0.3, -0.25) is 0 Å². The van der Waals surface area contributed by atoms with Crippen molar-refractivity contribution in [3.8, 4) is 0 Å². The number of nitrogens with zero attached hydrogens (tertiary/aromatic N) is 1. The molecule has 0 aromatic heterocycles. The fourth-order valence-electron chi connectivity index (χ4n) is 2.68. The van der Waals surface area contributed by atoms with E-state index in [9.17, 15) is 4.79 Å². The maximum absolute atomic E-state index is 11.9. The Morgan fingerprint density at radius 3 is 2.82 bits per heavy atom. The topological polar surface area (TPSA) is 41.6 Å². The van der Waals surface area contributed by atoms with E-state index in [0.29, 0.717) is 18.4 Å². The van der Waals surface area contributed by atoms with E-state index in [1.165, 1.54) is 6.42 Å². The number of hydrogen-bond acceptors (Lipinski definition) is 3. The first kappa shape index (κ1) is 12.7. The van der Waals surface area contributed by atoms with E-state index < -0.39 is 0 Å². The van der Waals surface area contributed by atoms with E-state index in [1.807, 2.05) is 4.90 Å². The van der Waals surface area contributed by atoms with Crippen LogP contribution in [-0.4, -0.2) is 43.8 Å². The van der Waals surface area contributed by atoms with Crippen LogP contribution in [0, 0.1) is 11.8 Å². The molecule has 4 heteroatoms. The van der Waals surface area contributed by atoms with E-state index in [4.69, 9.17) is 4.74 Å². The van der Waals surface area contributed by atoms with Crippen LogP contribution in [0.2, 0.25) is 0 Å². The fraction of sp³-hybridized carbons (Fsp3) is 0.923. The highest BCUT2D eigenvalue weighted by atomic mass is 16.6. The molecular formula is C13H24N2O2. The van der Waals surface area contributed by atoms with Crippen molar-refractivity contribution < 1.29 is 9.53 Å². The lowest BCUT2D eigenvalue weighted by atomic mass is 9.99. The molecule has 2 saturated heterocycles. The highest BCUT2D eigenvalue weighted by molar-refractivity contribution is 5.67. The third-order valence-electron chi connectivity index (χ3n) is 3.82. The monoisotopic (exact) mass is 240 g/mol. The minimum absolute atomic E-state index is 0.102. The first-order valence-corrected chi connectivity index (χ1v) is 6.88. The third-order valence-corrected chi connectivity index (χ3v) is 3.82. The van der Waals surface area contributed by atoms with Crippen LogP contribution in [0.25, 0.3) is 0 Å². The Morgan fingerprint density at radius 1 is 1.35 bits per heavy atom. The maximum Gasteiger partial charge on any atom is 0.409 e. The van der Waals surface area contributed by atoms with Crippen LogP contribution in [0.4, 0.5) is 4.79 Å². The first-order valence-electron chi connectivity index (χ1n) is 6.88. The number of carbonyl (C=O) groups excluding carboxylic acids is 1. The second kappa shape index (κ2) is 6.24. The van der Waals surface area contributed by atoms with Crippen molar-refractivity contribution in [2.45, 2.75) is 32.6 Å². The van der Waals surface area contributed by atoms with Gasteiger partial charge in [0.25, 0.3) is 0 Å². The first-order chi connectivity index (χ1) is 8.25. The smallest absolute Gasteiger partial charge is 0.409 e. The van der Waals surface area contributed by atoms with Crippen molar-refractivity contribution in [1.29, 1.82) is 0 Å². The van der Waals surface area contributed by atoms with Gasteiger partial charge in [-0.25, -0.2) is 4.79 Å². The number of likely N-dealkylation sites (tertiary alicyclic amines) is 1. The van der Waals surface area contributed by atoms with E-state index in [2.05, 4.69) is 12.2 Å². The van der Waals surface area contributed by atoms with Crippen molar-refractivity contribution in [3.05, 3.63) is 0 Å². The Bertz CT molecular complexity index is 252. The Hall–Kier alpha value is -0.770. The lowest BCUT2D eigenvalue weighted by Gasteiger charge is -2.31. The SMILES string of the molecule is CC1CCCN(C(=O)OCC2CCNCC2)C1. The number of amides is 1. The zero-order valence-corrected chi connectivity index (χ0v) is 10.8. The van der Waals surface area contributed by atoms with Gasteiger partial charge in [0.2, 0.25) is 0 Å². The van der Waals surface area contributed by atoms with Gasteiger partial charge in [-0.15, -0.1) is 0 Å². The van der Waals surface area contributed by atoms with Gasteiger partial charge in [0.15, 0.2) is 0 Å². The number of carbonyl (C=O) groups is 1. The molecule has 2 aliphatic heterocycles. The molecule has 2 fully saturated rings. The van der Waals surface area contributed by atoms with E-state index >= 15 is 0 Å². The molecule has 1 unspecified atom stereocenters. The molecule has 98 valence electrons. The number of ether oxygens (including phenoxy) is 1. The van der Waals surface area contributed by atoms with Gasteiger partial charge < -0.3 is 15.0 Å². The molecule has 0 saturated carbocycles. The van der Waals surface area contributed by atoms with Gasteiger partial charge in [0, 0.05) is 13.1 Å². The molecule has 2 aliphatic rings. The predicted octanol–water partition coefficient (Wildman–Crippen LogP) is 1.85. The summed E-state index contributed by atoms with van der Waals surface area (Å²) in [7, 11) is 0. The molecule has 0 aromatic rings. The minimum atomic E-state index is -0.102. The molecule has 0 bridgehead atoms. The molecule has 0 aromatic carbocycles. The Morgan fingerprint density at radius 2 is 2.12 bits per heavy atom. The lowest BCUT2D eigenvalue weighted by Crippen LogP contribution is -2.40. The summed E-state index contributed by atoms with van der Waals surface area (Å²) in [5.41, 5.74) is 0. The molecule has 1 amide bonds. The summed E-state index contributed by atoms with van der Waals surface area (Å²) in [5, 5.41) is 3.32. The van der Waals surface area contributed by atoms with Crippen LogP contribution in [0.3, 0.4) is 0 Å². The quantitative estimate of drug-likeness (QED) is 0.801. The van der Waals surface area contributed by atoms with Crippen LogP contribution >= 0.6 is 0 Å². The summed E-state index contributed by atoms with van der Waals surface area (Å²) in [4.78, 5) is 13.7. The Labute approximate surface area is 104 Å². The van der Waals surface area contributed by atoms with Gasteiger partial charge in [-0.1, -0.05) is 6.92 Å². The summed E-state index contributed by atoms with van der Waals surface area (Å²) in [6.45, 7) is 6.66. The largest absolute Gasteiger partial charge is 0.449 e. The lowest BCUT2D eigenvalue weighted by molar-refractivity contribution is 0.0692. The number of hydrogen-bond donors (Lipinski definition) is 1. The van der Waals surface area contributed by atoms with E-state index in [-0.39, 0.29) is 6.09 Å². The predicted molar refractivity (Wildman–Crippen MR) is 66.9 cm³/mol. The molecule has 2 rings (SSSR count). The molecule has 1 N–H and O–H groups in total. The third kappa shape index (κ3) is 3.87. The van der Waals surface area contributed by atoms with Crippen molar-refractivity contribution in [2.24, 2.45) is 11.8 Å². The van der Waals surface area contributed by atoms with Crippen LogP contribution in [0.15, 0.2) is 0 Å². The number of nitrogens with one attached hydrogen (secondary N) is 1. The standard InChI is InChI=1S/C13H24N2O2/c1-11-3-2-8-15(9-11)13(16)17-10-12-4-6-14-7-5-12/h11-12,14H,2-10H2,1H3. The summed E-state index contributed by atoms with van der Waals surface area (Å²) in [6.07, 6.45) is 4.50. The van der Waals surface area contributed by atoms with Gasteiger partial charge >= 0.3 is 6.09 Å². The summed E-state index contributed by atoms with van der Waals surface area (Å²) in [6, 6.07) is 0. The van der Waals surface area contributed by atoms with Crippen LogP contribution in [-0.2, 0) is 4.74 Å². The van der Waals surface area contributed by atoms with Crippen molar-refractivity contribution >= 4 is 6.09 Å². The molecule has 4 nitrogen and oxygen atoms in total. The second-order valence-corrected chi connectivity index (χ2v) is 5.46. The maximum atomic E-state index is 11.9. The van der Waals surface area contributed by atoms with Crippen molar-refractivity contribution in [2.75, 3.05) is 32.8 Å². The molecule has 0 radical (unpaired) electrons. The molecule has 17 heavy (non-hydrogen) atoms. The molecular weight excluding hydrogens is 216 g/mol. The number of piperidine rings is 2. The highest BCUT2D eigenvalue weighted by Gasteiger charge is 2.23. The van der Waals surface area contributed by atoms with Crippen LogP contribution in [0.5, 0.6) is 0 Å². The molecule has 2 heterocycles. The summed E-state index contributed by atoms with van der Waals surface area (Å²) in [5.74, 6) is 1.18. The zero-order chi connectivity index (χ0) is 12.1. The Kier molecular flexibility index (Phi) is 4.66. The highest BCUT2D eigenvalue weighted by Crippen LogP contribution is 2.17. The average molecular weight is 240 g/mol. The minimum Gasteiger partial charge on any atom is -0.449 e. The summed E-state index contributed by atoms with van der Waals surface area (Å²) < 4.78 is 5.43. The fourth-order valence-corrected chi connectivity index (χ4v) is 2.68. The van der Waals surface area contributed by atoms with Gasteiger partial charge in [-0.05, 0) is 50.6 Å². The Balaban J connectivity index is 1.69. The average Bonchev–Trinajstić information content (AvgIpc) is 2.37. The molecule has 0 spiro atoms. The normalized spacial score (nSPS) is 26.9. The summed E-state index contributed by atoms with van der Waals surface area (Å²) >= 11 is 0. The van der Waals surface area contributed by atoms with Crippen molar-refractivity contribution in [3.63, 3.8) is 0 Å². The van der Waals surface area contributed by atoms with Crippen LogP contribution in [0.1, 0.15) is 32.6 Å². The molecule has 0 aliphatic carbocycles. The zero-order valence-electron chi connectivity index (χ0n) is 10.8. The van der Waals surface area contributed by atoms with Crippen LogP contribution < -0.4 is 5.32 Å². The van der Waals surface area contributed by atoms with Gasteiger partial charge in [0.05, 0.1) is 6.61 Å². The second-order valence-electron chi connectivity index (χ2n) is 5.46.